The lowest BCUT2D eigenvalue weighted by atomic mass is 10.1. The first kappa shape index (κ1) is 17.6. The van der Waals surface area contributed by atoms with E-state index in [-0.39, 0.29) is 13.2 Å². The number of hydrogen-bond donors (Lipinski definition) is 0. The summed E-state index contributed by atoms with van der Waals surface area (Å²) in [6.07, 6.45) is 10.6. The van der Waals surface area contributed by atoms with Crippen LogP contribution in [0.2, 0.25) is 0 Å². The van der Waals surface area contributed by atoms with Gasteiger partial charge in [-0.1, -0.05) is 57.9 Å². The fourth-order valence-corrected chi connectivity index (χ4v) is 2.22. The summed E-state index contributed by atoms with van der Waals surface area (Å²) in [6, 6.07) is 0. The molecule has 0 spiro atoms. The van der Waals surface area contributed by atoms with Crippen LogP contribution in [0.5, 0.6) is 0 Å². The third-order valence-electron chi connectivity index (χ3n) is 2.56. The molecule has 0 saturated heterocycles. The maximum atomic E-state index is 11.1. The van der Waals surface area contributed by atoms with E-state index in [2.05, 4.69) is 21.9 Å². The van der Waals surface area contributed by atoms with Gasteiger partial charge in [-0.15, -0.1) is 6.58 Å². The lowest BCUT2D eigenvalue weighted by Gasteiger charge is -2.04. The zero-order valence-corrected chi connectivity index (χ0v) is 12.2. The Kier molecular flexibility index (Phi) is 11.4. The van der Waals surface area contributed by atoms with Crippen molar-refractivity contribution >= 4 is 10.4 Å². The van der Waals surface area contributed by atoms with Crippen molar-refractivity contribution in [2.45, 2.75) is 58.3 Å². The van der Waals surface area contributed by atoms with E-state index >= 15 is 0 Å². The highest BCUT2D eigenvalue weighted by molar-refractivity contribution is 7.81. The van der Waals surface area contributed by atoms with E-state index in [0.717, 1.165) is 19.3 Å². The van der Waals surface area contributed by atoms with E-state index in [9.17, 15) is 8.42 Å². The van der Waals surface area contributed by atoms with E-state index in [4.69, 9.17) is 0 Å². The number of unbranched alkanes of at least 4 members (excludes halogenated alkanes) is 7. The summed E-state index contributed by atoms with van der Waals surface area (Å²) >= 11 is 0. The van der Waals surface area contributed by atoms with Crippen LogP contribution in [0.1, 0.15) is 58.3 Å². The molecule has 0 aromatic rings. The van der Waals surface area contributed by atoms with Gasteiger partial charge in [0.2, 0.25) is 0 Å². The minimum atomic E-state index is -3.82. The van der Waals surface area contributed by atoms with Gasteiger partial charge in [0.1, 0.15) is 0 Å². The lowest BCUT2D eigenvalue weighted by molar-refractivity contribution is 0.225. The van der Waals surface area contributed by atoms with Crippen LogP contribution in [0.15, 0.2) is 12.7 Å². The van der Waals surface area contributed by atoms with Crippen LogP contribution in [-0.4, -0.2) is 21.6 Å². The molecule has 108 valence electrons. The maximum Gasteiger partial charge on any atom is 0.400 e. The summed E-state index contributed by atoms with van der Waals surface area (Å²) in [6.45, 7) is 5.73. The predicted octanol–water partition coefficient (Wildman–Crippen LogP) is 3.59. The average molecular weight is 278 g/mol. The minimum absolute atomic E-state index is 0.0419. The van der Waals surface area contributed by atoms with Crippen molar-refractivity contribution in [3.63, 3.8) is 0 Å². The van der Waals surface area contributed by atoms with Crippen molar-refractivity contribution in [2.75, 3.05) is 13.2 Å². The zero-order valence-electron chi connectivity index (χ0n) is 11.4. The number of hydrogen-bond acceptors (Lipinski definition) is 4. The Morgan fingerprint density at radius 2 is 1.50 bits per heavy atom. The van der Waals surface area contributed by atoms with E-state index in [1.54, 1.807) is 0 Å². The van der Waals surface area contributed by atoms with Gasteiger partial charge in [-0.2, -0.15) is 8.42 Å². The molecule has 0 atom stereocenters. The molecule has 4 nitrogen and oxygen atoms in total. The first-order chi connectivity index (χ1) is 8.62. The fourth-order valence-electron chi connectivity index (χ4n) is 1.56. The van der Waals surface area contributed by atoms with E-state index in [1.165, 1.54) is 38.2 Å². The van der Waals surface area contributed by atoms with Crippen LogP contribution in [-0.2, 0) is 18.8 Å². The molecule has 0 rings (SSSR count). The van der Waals surface area contributed by atoms with E-state index in [0.29, 0.717) is 0 Å². The Labute approximate surface area is 112 Å². The van der Waals surface area contributed by atoms with Crippen molar-refractivity contribution in [3.05, 3.63) is 12.7 Å². The molecule has 0 fully saturated rings. The van der Waals surface area contributed by atoms with Crippen LogP contribution < -0.4 is 0 Å². The van der Waals surface area contributed by atoms with Crippen LogP contribution in [0.25, 0.3) is 0 Å². The summed E-state index contributed by atoms with van der Waals surface area (Å²) < 4.78 is 31.4. The monoisotopic (exact) mass is 278 g/mol. The lowest BCUT2D eigenvalue weighted by Crippen LogP contribution is -2.11. The van der Waals surface area contributed by atoms with Gasteiger partial charge in [0.05, 0.1) is 13.2 Å². The molecule has 5 heteroatoms. The zero-order chi connectivity index (χ0) is 13.7. The van der Waals surface area contributed by atoms with Gasteiger partial charge in [-0.05, 0) is 6.42 Å². The summed E-state index contributed by atoms with van der Waals surface area (Å²) in [5.74, 6) is 0. The molecule has 0 aliphatic heterocycles. The molecule has 0 radical (unpaired) electrons. The molecule has 18 heavy (non-hydrogen) atoms. The van der Waals surface area contributed by atoms with Crippen molar-refractivity contribution in [1.82, 2.24) is 0 Å². The third kappa shape index (κ3) is 12.1. The molecule has 0 unspecified atom stereocenters. The molecule has 0 N–H and O–H groups in total. The molecule has 0 saturated carbocycles. The Bertz CT molecular complexity index is 285. The summed E-state index contributed by atoms with van der Waals surface area (Å²) in [5, 5.41) is 0. The number of rotatable bonds is 13. The molecule has 0 aromatic heterocycles. The highest BCUT2D eigenvalue weighted by Gasteiger charge is 2.09. The molecule has 0 amide bonds. The molecule has 0 aliphatic rings. The smallest absolute Gasteiger partial charge is 0.248 e. The van der Waals surface area contributed by atoms with Crippen LogP contribution in [0.3, 0.4) is 0 Å². The van der Waals surface area contributed by atoms with Crippen LogP contribution >= 0.6 is 0 Å². The molecular weight excluding hydrogens is 252 g/mol. The third-order valence-corrected chi connectivity index (χ3v) is 3.44. The molecule has 0 aliphatic carbocycles. The topological polar surface area (TPSA) is 52.6 Å². The highest BCUT2D eigenvalue weighted by Crippen LogP contribution is 2.09. The van der Waals surface area contributed by atoms with Gasteiger partial charge in [0, 0.05) is 0 Å². The second kappa shape index (κ2) is 11.7. The van der Waals surface area contributed by atoms with Gasteiger partial charge >= 0.3 is 10.4 Å². The predicted molar refractivity (Wildman–Crippen MR) is 73.6 cm³/mol. The minimum Gasteiger partial charge on any atom is -0.248 e. The first-order valence-corrected chi connectivity index (χ1v) is 8.10. The summed E-state index contributed by atoms with van der Waals surface area (Å²) in [5.41, 5.74) is 0. The fraction of sp³-hybridized carbons (Fsp3) is 0.846. The van der Waals surface area contributed by atoms with Gasteiger partial charge < -0.3 is 0 Å². The normalized spacial score (nSPS) is 11.6. The Morgan fingerprint density at radius 1 is 0.944 bits per heavy atom. The van der Waals surface area contributed by atoms with Crippen molar-refractivity contribution in [1.29, 1.82) is 0 Å². The molecular formula is C13H26O4S. The highest BCUT2D eigenvalue weighted by atomic mass is 32.3. The molecule has 0 heterocycles. The Morgan fingerprint density at radius 3 is 2.06 bits per heavy atom. The second-order valence-electron chi connectivity index (χ2n) is 4.28. The standard InChI is InChI=1S/C13H26O4S/c1-3-5-6-7-8-9-10-11-13-17-18(14,15)16-12-4-2/h4H,2-3,5-13H2,1H3. The average Bonchev–Trinajstić information content (AvgIpc) is 2.34. The first-order valence-electron chi connectivity index (χ1n) is 6.77. The Hall–Kier alpha value is -0.390. The molecule has 0 bridgehead atoms. The SMILES string of the molecule is C=CCOS(=O)(=O)OCCCCCCCCCC. The van der Waals surface area contributed by atoms with Gasteiger partial charge in [0.25, 0.3) is 0 Å². The molecule has 0 aromatic carbocycles. The van der Waals surface area contributed by atoms with Crippen molar-refractivity contribution < 1.29 is 16.8 Å². The van der Waals surface area contributed by atoms with Crippen molar-refractivity contribution in [2.24, 2.45) is 0 Å². The van der Waals surface area contributed by atoms with Crippen LogP contribution in [0, 0.1) is 0 Å². The Balaban J connectivity index is 3.31. The van der Waals surface area contributed by atoms with E-state index < -0.39 is 10.4 Å². The summed E-state index contributed by atoms with van der Waals surface area (Å²) in [4.78, 5) is 0. The quantitative estimate of drug-likeness (QED) is 0.381. The van der Waals surface area contributed by atoms with E-state index in [1.807, 2.05) is 0 Å². The summed E-state index contributed by atoms with van der Waals surface area (Å²) in [7, 11) is -3.82. The second-order valence-corrected chi connectivity index (χ2v) is 5.57. The van der Waals surface area contributed by atoms with Gasteiger partial charge in [0.15, 0.2) is 0 Å². The largest absolute Gasteiger partial charge is 0.400 e. The van der Waals surface area contributed by atoms with Crippen LogP contribution in [0.4, 0.5) is 0 Å². The van der Waals surface area contributed by atoms with Crippen molar-refractivity contribution in [3.8, 4) is 0 Å². The van der Waals surface area contributed by atoms with Gasteiger partial charge in [-0.3, -0.25) is 0 Å². The van der Waals surface area contributed by atoms with Gasteiger partial charge in [-0.25, -0.2) is 8.37 Å². The maximum absolute atomic E-state index is 11.1.